The number of hydrogen-bond acceptors (Lipinski definition) is 5. The lowest BCUT2D eigenvalue weighted by Gasteiger charge is -2.13. The van der Waals surface area contributed by atoms with Crippen LogP contribution < -0.4 is 20.1 Å². The Hall–Kier alpha value is -2.07. The number of guanidine groups is 1. The van der Waals surface area contributed by atoms with Crippen LogP contribution >= 0.6 is 24.0 Å². The summed E-state index contributed by atoms with van der Waals surface area (Å²) in [5.41, 5.74) is 2.17. The maximum Gasteiger partial charge on any atom is 0.213 e. The molecule has 0 saturated heterocycles. The first kappa shape index (κ1) is 27.0. The summed E-state index contributed by atoms with van der Waals surface area (Å²) in [7, 11) is 1.67. The van der Waals surface area contributed by atoms with E-state index in [0.29, 0.717) is 19.0 Å². The first-order valence-corrected chi connectivity index (χ1v) is 10.4. The summed E-state index contributed by atoms with van der Waals surface area (Å²) in [6.07, 6.45) is 2.83. The molecule has 0 radical (unpaired) electrons. The molecular formula is C23H35IN4O3. The first-order valence-electron chi connectivity index (χ1n) is 10.4. The van der Waals surface area contributed by atoms with E-state index in [1.54, 1.807) is 13.3 Å². The smallest absolute Gasteiger partial charge is 0.213 e. The highest BCUT2D eigenvalue weighted by Gasteiger charge is 2.03. The summed E-state index contributed by atoms with van der Waals surface area (Å²) >= 11 is 0. The number of aromatic nitrogens is 1. The van der Waals surface area contributed by atoms with Crippen LogP contribution in [0.25, 0.3) is 0 Å². The van der Waals surface area contributed by atoms with Crippen molar-refractivity contribution in [2.24, 2.45) is 4.99 Å². The minimum atomic E-state index is 0. The van der Waals surface area contributed by atoms with Crippen molar-refractivity contribution in [3.8, 4) is 11.6 Å². The van der Waals surface area contributed by atoms with E-state index in [9.17, 15) is 0 Å². The van der Waals surface area contributed by atoms with E-state index < -0.39 is 0 Å². The van der Waals surface area contributed by atoms with Crippen molar-refractivity contribution >= 4 is 29.9 Å². The van der Waals surface area contributed by atoms with E-state index in [2.05, 4.69) is 15.6 Å². The van der Waals surface area contributed by atoms with Gasteiger partial charge in [-0.15, -0.1) is 24.0 Å². The van der Waals surface area contributed by atoms with Crippen LogP contribution in [-0.2, 0) is 17.8 Å². The van der Waals surface area contributed by atoms with E-state index in [1.165, 1.54) is 0 Å². The molecule has 0 spiro atoms. The second-order valence-corrected chi connectivity index (χ2v) is 7.02. The molecule has 0 aliphatic carbocycles. The number of pyridine rings is 1. The molecule has 7 nitrogen and oxygen atoms in total. The molecule has 2 N–H and O–H groups in total. The van der Waals surface area contributed by atoms with Crippen LogP contribution in [-0.4, -0.2) is 43.9 Å². The van der Waals surface area contributed by atoms with Crippen molar-refractivity contribution in [3.63, 3.8) is 0 Å². The summed E-state index contributed by atoms with van der Waals surface area (Å²) in [6, 6.07) is 11.9. The van der Waals surface area contributed by atoms with Gasteiger partial charge in [0.1, 0.15) is 5.75 Å². The molecule has 2 aromatic rings. The third-order valence-electron chi connectivity index (χ3n) is 4.15. The number of halogens is 1. The van der Waals surface area contributed by atoms with Gasteiger partial charge < -0.3 is 24.8 Å². The Kier molecular flexibility index (Phi) is 13.6. The fraction of sp³-hybridized carbons (Fsp3) is 0.478. The second kappa shape index (κ2) is 15.7. The molecule has 2 rings (SSSR count). The van der Waals surface area contributed by atoms with Gasteiger partial charge in [0.2, 0.25) is 5.88 Å². The molecule has 0 unspecified atom stereocenters. The lowest BCUT2D eigenvalue weighted by atomic mass is 10.2. The Morgan fingerprint density at radius 2 is 1.81 bits per heavy atom. The van der Waals surface area contributed by atoms with Crippen LogP contribution in [0.5, 0.6) is 11.6 Å². The average molecular weight is 542 g/mol. The fourth-order valence-corrected chi connectivity index (χ4v) is 2.61. The van der Waals surface area contributed by atoms with Crippen molar-refractivity contribution < 1.29 is 14.2 Å². The van der Waals surface area contributed by atoms with E-state index in [0.717, 1.165) is 49.0 Å². The minimum absolute atomic E-state index is 0. The monoisotopic (exact) mass is 542 g/mol. The van der Waals surface area contributed by atoms with Crippen molar-refractivity contribution in [1.82, 2.24) is 15.6 Å². The number of rotatable bonds is 12. The second-order valence-electron chi connectivity index (χ2n) is 7.02. The van der Waals surface area contributed by atoms with Crippen LogP contribution in [0.4, 0.5) is 0 Å². The average Bonchev–Trinajstić information content (AvgIpc) is 2.76. The molecule has 31 heavy (non-hydrogen) atoms. The predicted octanol–water partition coefficient (Wildman–Crippen LogP) is 4.16. The molecule has 0 fully saturated rings. The molecule has 1 aromatic heterocycles. The largest absolute Gasteiger partial charge is 0.497 e. The van der Waals surface area contributed by atoms with Gasteiger partial charge in [0.25, 0.3) is 0 Å². The Balaban J connectivity index is 0.00000480. The van der Waals surface area contributed by atoms with E-state index >= 15 is 0 Å². The van der Waals surface area contributed by atoms with Gasteiger partial charge >= 0.3 is 0 Å². The zero-order valence-electron chi connectivity index (χ0n) is 18.9. The van der Waals surface area contributed by atoms with E-state index in [4.69, 9.17) is 19.2 Å². The van der Waals surface area contributed by atoms with Crippen LogP contribution in [0, 0.1) is 0 Å². The van der Waals surface area contributed by atoms with Crippen LogP contribution in [0.1, 0.15) is 38.3 Å². The minimum Gasteiger partial charge on any atom is -0.497 e. The molecule has 1 heterocycles. The zero-order valence-corrected chi connectivity index (χ0v) is 21.2. The molecule has 0 saturated carbocycles. The number of hydrogen-bond donors (Lipinski definition) is 2. The highest BCUT2D eigenvalue weighted by atomic mass is 127. The summed E-state index contributed by atoms with van der Waals surface area (Å²) in [6.45, 7) is 9.42. The Labute approximate surface area is 203 Å². The number of benzene rings is 1. The number of methoxy groups -OCH3 is 1. The lowest BCUT2D eigenvalue weighted by molar-refractivity contribution is 0.145. The molecule has 0 bridgehead atoms. The third kappa shape index (κ3) is 11.2. The molecule has 1 aromatic carbocycles. The first-order chi connectivity index (χ1) is 14.6. The quantitative estimate of drug-likeness (QED) is 0.182. The Morgan fingerprint density at radius 1 is 1.06 bits per heavy atom. The molecule has 8 heteroatoms. The van der Waals surface area contributed by atoms with Crippen molar-refractivity contribution in [2.45, 2.75) is 46.4 Å². The van der Waals surface area contributed by atoms with Gasteiger partial charge in [-0.2, -0.15) is 0 Å². The Morgan fingerprint density at radius 3 is 2.42 bits per heavy atom. The van der Waals surface area contributed by atoms with Gasteiger partial charge in [0.05, 0.1) is 19.8 Å². The molecule has 0 amide bonds. The third-order valence-corrected chi connectivity index (χ3v) is 4.15. The number of nitrogens with one attached hydrogen (secondary N) is 2. The van der Waals surface area contributed by atoms with Gasteiger partial charge in [0.15, 0.2) is 5.96 Å². The normalized spacial score (nSPS) is 11.1. The van der Waals surface area contributed by atoms with Crippen LogP contribution in [0.3, 0.4) is 0 Å². The Bertz CT molecular complexity index is 752. The lowest BCUT2D eigenvalue weighted by Crippen LogP contribution is -2.37. The predicted molar refractivity (Wildman–Crippen MR) is 136 cm³/mol. The summed E-state index contributed by atoms with van der Waals surface area (Å²) in [4.78, 5) is 9.04. The number of aliphatic imine (C=N–C) groups is 1. The maximum absolute atomic E-state index is 5.59. The maximum atomic E-state index is 5.59. The molecule has 172 valence electrons. The molecular weight excluding hydrogens is 507 g/mol. The number of nitrogens with zero attached hydrogens (tertiary/aromatic N) is 2. The number of ether oxygens (including phenoxy) is 3. The zero-order chi connectivity index (χ0) is 21.6. The van der Waals surface area contributed by atoms with Crippen molar-refractivity contribution in [2.75, 3.05) is 26.9 Å². The summed E-state index contributed by atoms with van der Waals surface area (Å²) < 4.78 is 16.2. The highest BCUT2D eigenvalue weighted by Crippen LogP contribution is 2.11. The van der Waals surface area contributed by atoms with Gasteiger partial charge in [-0.3, -0.25) is 0 Å². The van der Waals surface area contributed by atoms with Crippen molar-refractivity contribution in [1.29, 1.82) is 0 Å². The summed E-state index contributed by atoms with van der Waals surface area (Å²) in [5, 5.41) is 6.75. The van der Waals surface area contributed by atoms with E-state index in [1.807, 2.05) is 57.2 Å². The van der Waals surface area contributed by atoms with Crippen molar-refractivity contribution in [3.05, 3.63) is 53.7 Å². The van der Waals surface area contributed by atoms with Gasteiger partial charge in [0, 0.05) is 38.6 Å². The molecule has 0 aliphatic heterocycles. The van der Waals surface area contributed by atoms with Crippen LogP contribution in [0.2, 0.25) is 0 Å². The van der Waals surface area contributed by atoms with Gasteiger partial charge in [-0.05, 0) is 50.5 Å². The SMILES string of the molecule is CCOCCCNC(=NCc1ccc(OC(C)C)nc1)NCc1ccc(OC)cc1.I. The van der Waals surface area contributed by atoms with Crippen LogP contribution in [0.15, 0.2) is 47.6 Å². The van der Waals surface area contributed by atoms with Gasteiger partial charge in [-0.25, -0.2) is 9.98 Å². The topological polar surface area (TPSA) is 77.0 Å². The summed E-state index contributed by atoms with van der Waals surface area (Å²) in [5.74, 6) is 2.23. The standard InChI is InChI=1S/C23H34N4O3.HI/c1-5-29-14-6-13-24-23(26-15-19-7-10-21(28-4)11-8-19)27-17-20-9-12-22(25-16-20)30-18(2)3;/h7-12,16,18H,5-6,13-15,17H2,1-4H3,(H2,24,26,27);1H. The fourth-order valence-electron chi connectivity index (χ4n) is 2.61. The van der Waals surface area contributed by atoms with E-state index in [-0.39, 0.29) is 30.1 Å². The highest BCUT2D eigenvalue weighted by molar-refractivity contribution is 14.0. The molecule has 0 aliphatic rings. The molecule has 0 atom stereocenters. The van der Waals surface area contributed by atoms with Gasteiger partial charge in [-0.1, -0.05) is 18.2 Å².